The quantitative estimate of drug-likeness (QED) is 0.626. The highest BCUT2D eigenvalue weighted by Gasteiger charge is 2.35. The maximum absolute atomic E-state index is 5.53. The molecule has 6 heteroatoms. The minimum atomic E-state index is 0.0259. The number of aromatic nitrogens is 2. The number of anilines is 1. The highest BCUT2D eigenvalue weighted by molar-refractivity contribution is 7.98. The van der Waals surface area contributed by atoms with Gasteiger partial charge in [0.2, 0.25) is 0 Å². The monoisotopic (exact) mass is 252 g/mol. The summed E-state index contributed by atoms with van der Waals surface area (Å²) in [5.74, 6) is 9.55. The molecular formula is C11H16N4OS. The number of fused-ring (bicyclic) bond motifs is 1. The van der Waals surface area contributed by atoms with Gasteiger partial charge in [0.05, 0.1) is 5.69 Å². The molecule has 1 aliphatic carbocycles. The minimum Gasteiger partial charge on any atom is -0.373 e. The van der Waals surface area contributed by atoms with Crippen molar-refractivity contribution < 1.29 is 4.74 Å². The highest BCUT2D eigenvalue weighted by Crippen LogP contribution is 2.43. The van der Waals surface area contributed by atoms with Crippen LogP contribution in [0.4, 0.5) is 5.82 Å². The average Bonchev–Trinajstić information content (AvgIpc) is 3.06. The Hall–Kier alpha value is -0.850. The number of thioether (sulfide) groups is 1. The fourth-order valence-corrected chi connectivity index (χ4v) is 3.27. The lowest BCUT2D eigenvalue weighted by molar-refractivity contribution is 0.0771. The molecule has 1 aromatic heterocycles. The number of ether oxygens (including phenoxy) is 1. The Morgan fingerprint density at radius 3 is 2.88 bits per heavy atom. The van der Waals surface area contributed by atoms with E-state index in [1.807, 2.05) is 11.8 Å². The summed E-state index contributed by atoms with van der Waals surface area (Å²) in [5.41, 5.74) is 4.94. The second kappa shape index (κ2) is 4.44. The predicted molar refractivity (Wildman–Crippen MR) is 67.3 cm³/mol. The van der Waals surface area contributed by atoms with Crippen LogP contribution < -0.4 is 11.3 Å². The molecule has 2 heterocycles. The Bertz CT molecular complexity index is 436. The van der Waals surface area contributed by atoms with Crippen LogP contribution in [0.5, 0.6) is 0 Å². The number of hydrazine groups is 1. The molecule has 0 spiro atoms. The van der Waals surface area contributed by atoms with E-state index in [1.165, 1.54) is 12.8 Å². The topological polar surface area (TPSA) is 73.1 Å². The van der Waals surface area contributed by atoms with Gasteiger partial charge in [-0.2, -0.15) is 11.8 Å². The van der Waals surface area contributed by atoms with Gasteiger partial charge in [0.15, 0.2) is 5.82 Å². The van der Waals surface area contributed by atoms with Crippen molar-refractivity contribution in [3.63, 3.8) is 0 Å². The Kier molecular flexibility index (Phi) is 2.94. The normalized spacial score (nSPS) is 20.1. The summed E-state index contributed by atoms with van der Waals surface area (Å²) in [6.45, 7) is 0. The van der Waals surface area contributed by atoms with Gasteiger partial charge in [-0.25, -0.2) is 15.8 Å². The molecule has 0 aromatic carbocycles. The van der Waals surface area contributed by atoms with Crippen LogP contribution in [-0.2, 0) is 16.2 Å². The van der Waals surface area contributed by atoms with Gasteiger partial charge in [0.25, 0.3) is 0 Å². The van der Waals surface area contributed by atoms with Crippen LogP contribution in [0.15, 0.2) is 0 Å². The molecule has 1 aliphatic heterocycles. The standard InChI is InChI=1S/C11H16N4OS/c1-16-9(6-2-3-6)11-13-8-5-17-4-7(8)10(14-11)15-12/h6,9H,2-5,12H2,1H3,(H,13,14,15). The summed E-state index contributed by atoms with van der Waals surface area (Å²) in [6.07, 6.45) is 2.44. The molecule has 1 saturated carbocycles. The van der Waals surface area contributed by atoms with Gasteiger partial charge < -0.3 is 10.2 Å². The molecule has 0 saturated heterocycles. The van der Waals surface area contributed by atoms with E-state index >= 15 is 0 Å². The third-order valence-electron chi connectivity index (χ3n) is 3.29. The fourth-order valence-electron chi connectivity index (χ4n) is 2.22. The van der Waals surface area contributed by atoms with Gasteiger partial charge in [-0.15, -0.1) is 0 Å². The van der Waals surface area contributed by atoms with E-state index in [-0.39, 0.29) is 6.10 Å². The van der Waals surface area contributed by atoms with Crippen LogP contribution in [0, 0.1) is 5.92 Å². The van der Waals surface area contributed by atoms with Crippen molar-refractivity contribution in [1.82, 2.24) is 9.97 Å². The lowest BCUT2D eigenvalue weighted by Gasteiger charge is -2.15. The summed E-state index contributed by atoms with van der Waals surface area (Å²) in [6, 6.07) is 0. The molecule has 92 valence electrons. The number of hydrogen-bond acceptors (Lipinski definition) is 6. The lowest BCUT2D eigenvalue weighted by atomic mass is 10.2. The highest BCUT2D eigenvalue weighted by atomic mass is 32.2. The molecule has 1 unspecified atom stereocenters. The van der Waals surface area contributed by atoms with Crippen LogP contribution in [0.3, 0.4) is 0 Å². The van der Waals surface area contributed by atoms with Gasteiger partial charge >= 0.3 is 0 Å². The lowest BCUT2D eigenvalue weighted by Crippen LogP contribution is -2.16. The average molecular weight is 252 g/mol. The molecule has 2 aliphatic rings. The molecule has 0 bridgehead atoms. The van der Waals surface area contributed by atoms with E-state index in [2.05, 4.69) is 15.4 Å². The van der Waals surface area contributed by atoms with Gasteiger partial charge in [-0.3, -0.25) is 0 Å². The summed E-state index contributed by atoms with van der Waals surface area (Å²) < 4.78 is 5.52. The van der Waals surface area contributed by atoms with Gasteiger partial charge in [0, 0.05) is 24.2 Å². The molecule has 0 amide bonds. The smallest absolute Gasteiger partial charge is 0.160 e. The van der Waals surface area contributed by atoms with Crippen molar-refractivity contribution in [2.75, 3.05) is 12.5 Å². The zero-order valence-corrected chi connectivity index (χ0v) is 10.6. The minimum absolute atomic E-state index is 0.0259. The van der Waals surface area contributed by atoms with Gasteiger partial charge in [-0.1, -0.05) is 0 Å². The maximum Gasteiger partial charge on any atom is 0.160 e. The molecule has 1 aromatic rings. The first kappa shape index (κ1) is 11.3. The maximum atomic E-state index is 5.53. The number of rotatable bonds is 4. The molecule has 3 rings (SSSR count). The molecule has 5 nitrogen and oxygen atoms in total. The Morgan fingerprint density at radius 1 is 1.41 bits per heavy atom. The van der Waals surface area contributed by atoms with Gasteiger partial charge in [0.1, 0.15) is 11.9 Å². The Labute approximate surface area is 105 Å². The molecule has 1 atom stereocenters. The number of nitrogens with zero attached hydrogens (tertiary/aromatic N) is 2. The molecule has 1 fully saturated rings. The fraction of sp³-hybridized carbons (Fsp3) is 0.636. The largest absolute Gasteiger partial charge is 0.373 e. The third-order valence-corrected chi connectivity index (χ3v) is 4.26. The summed E-state index contributed by atoms with van der Waals surface area (Å²) in [5, 5.41) is 0. The number of nitrogens with one attached hydrogen (secondary N) is 1. The van der Waals surface area contributed by atoms with E-state index < -0.39 is 0 Å². The number of nitrogens with two attached hydrogens (primary N) is 1. The van der Waals surface area contributed by atoms with Crippen LogP contribution in [0.1, 0.15) is 36.0 Å². The van der Waals surface area contributed by atoms with E-state index in [0.29, 0.717) is 5.92 Å². The van der Waals surface area contributed by atoms with Crippen molar-refractivity contribution in [2.24, 2.45) is 11.8 Å². The predicted octanol–water partition coefficient (Wildman–Crippen LogP) is 1.61. The van der Waals surface area contributed by atoms with Crippen LogP contribution in [-0.4, -0.2) is 17.1 Å². The molecular weight excluding hydrogens is 236 g/mol. The van der Waals surface area contributed by atoms with E-state index in [4.69, 9.17) is 10.6 Å². The molecule has 17 heavy (non-hydrogen) atoms. The van der Waals surface area contributed by atoms with Crippen LogP contribution in [0.2, 0.25) is 0 Å². The van der Waals surface area contributed by atoms with Crippen molar-refractivity contribution in [1.29, 1.82) is 0 Å². The Balaban J connectivity index is 1.99. The first-order valence-corrected chi connectivity index (χ1v) is 6.95. The number of nitrogen functional groups attached to an aromatic ring is 1. The zero-order valence-electron chi connectivity index (χ0n) is 9.77. The summed E-state index contributed by atoms with van der Waals surface area (Å²) in [7, 11) is 1.73. The molecule has 3 N–H and O–H groups in total. The van der Waals surface area contributed by atoms with E-state index in [9.17, 15) is 0 Å². The number of methoxy groups -OCH3 is 1. The van der Waals surface area contributed by atoms with E-state index in [0.717, 1.165) is 34.4 Å². The van der Waals surface area contributed by atoms with Gasteiger partial charge in [-0.05, 0) is 18.8 Å². The third kappa shape index (κ3) is 2.00. The van der Waals surface area contributed by atoms with Crippen molar-refractivity contribution in [3.8, 4) is 0 Å². The summed E-state index contributed by atoms with van der Waals surface area (Å²) >= 11 is 1.85. The van der Waals surface area contributed by atoms with Crippen molar-refractivity contribution in [3.05, 3.63) is 17.1 Å². The number of hydrogen-bond donors (Lipinski definition) is 2. The summed E-state index contributed by atoms with van der Waals surface area (Å²) in [4.78, 5) is 9.15. The zero-order chi connectivity index (χ0) is 11.8. The Morgan fingerprint density at radius 2 is 2.24 bits per heavy atom. The second-order valence-electron chi connectivity index (χ2n) is 4.49. The van der Waals surface area contributed by atoms with E-state index in [1.54, 1.807) is 7.11 Å². The van der Waals surface area contributed by atoms with Crippen LogP contribution in [0.25, 0.3) is 0 Å². The van der Waals surface area contributed by atoms with Crippen LogP contribution >= 0.6 is 11.8 Å². The first-order valence-electron chi connectivity index (χ1n) is 5.80. The first-order chi connectivity index (χ1) is 8.33. The second-order valence-corrected chi connectivity index (χ2v) is 5.47. The van der Waals surface area contributed by atoms with Crippen molar-refractivity contribution in [2.45, 2.75) is 30.5 Å². The molecule has 0 radical (unpaired) electrons. The SMILES string of the molecule is COC(c1nc2c(c(NN)n1)CSC2)C1CC1. The van der Waals surface area contributed by atoms with Crippen molar-refractivity contribution >= 4 is 17.6 Å².